The number of hydrogen-bond donors (Lipinski definition) is 1. The second kappa shape index (κ2) is 8.46. The van der Waals surface area contributed by atoms with Crippen LogP contribution in [-0.4, -0.2) is 45.4 Å². The maximum Gasteiger partial charge on any atom is 0.252 e. The Bertz CT molecular complexity index is 817. The van der Waals surface area contributed by atoms with Gasteiger partial charge in [-0.05, 0) is 36.9 Å². The number of ether oxygens (including phenoxy) is 1. The lowest BCUT2D eigenvalue weighted by Crippen LogP contribution is -2.39. The van der Waals surface area contributed by atoms with Gasteiger partial charge < -0.3 is 10.1 Å². The number of sulfonamides is 1. The summed E-state index contributed by atoms with van der Waals surface area (Å²) in [5.74, 6) is 0.407. The van der Waals surface area contributed by atoms with E-state index in [1.807, 2.05) is 32.0 Å². The monoisotopic (exact) mass is 382 g/mol. The number of aryl methyl sites for hydroxylation is 2. The molecule has 6 nitrogen and oxygen atoms in total. The Hall–Kier alpha value is -1.90. The Kier molecular flexibility index (Phi) is 6.57. The maximum atomic E-state index is 12.2. The van der Waals surface area contributed by atoms with Crippen LogP contribution >= 0.6 is 11.3 Å². The third-order valence-corrected chi connectivity index (χ3v) is 6.71. The number of thiophene rings is 1. The van der Waals surface area contributed by atoms with Crippen LogP contribution in [0.1, 0.15) is 11.1 Å². The molecule has 1 aromatic carbocycles. The van der Waals surface area contributed by atoms with Gasteiger partial charge in [-0.3, -0.25) is 4.79 Å². The van der Waals surface area contributed by atoms with Crippen LogP contribution in [0.2, 0.25) is 0 Å². The molecule has 25 heavy (non-hydrogen) atoms. The van der Waals surface area contributed by atoms with Crippen molar-refractivity contribution in [1.82, 2.24) is 9.62 Å². The summed E-state index contributed by atoms with van der Waals surface area (Å²) in [7, 11) is -2.22. The molecule has 1 amide bonds. The molecule has 0 saturated carbocycles. The summed E-state index contributed by atoms with van der Waals surface area (Å²) in [5.41, 5.74) is 2.20. The highest BCUT2D eigenvalue weighted by Crippen LogP contribution is 2.19. The van der Waals surface area contributed by atoms with Gasteiger partial charge in [-0.2, -0.15) is 4.31 Å². The Balaban J connectivity index is 1.77. The van der Waals surface area contributed by atoms with Gasteiger partial charge in [0, 0.05) is 7.05 Å². The van der Waals surface area contributed by atoms with Gasteiger partial charge in [-0.15, -0.1) is 11.3 Å². The number of likely N-dealkylation sites (N-methyl/N-ethyl adjacent to an activating group) is 1. The predicted molar refractivity (Wildman–Crippen MR) is 98.6 cm³/mol. The van der Waals surface area contributed by atoms with Crippen LogP contribution in [0.4, 0.5) is 0 Å². The van der Waals surface area contributed by atoms with E-state index in [0.29, 0.717) is 13.2 Å². The molecule has 0 unspecified atom stereocenters. The van der Waals surface area contributed by atoms with Gasteiger partial charge >= 0.3 is 0 Å². The molecule has 1 heterocycles. The van der Waals surface area contributed by atoms with Gasteiger partial charge in [0.2, 0.25) is 5.91 Å². The molecule has 0 aliphatic carbocycles. The van der Waals surface area contributed by atoms with Crippen LogP contribution in [0, 0.1) is 13.8 Å². The number of nitrogens with zero attached hydrogens (tertiary/aromatic N) is 1. The Labute approximate surface area is 152 Å². The van der Waals surface area contributed by atoms with E-state index in [1.54, 1.807) is 11.4 Å². The van der Waals surface area contributed by atoms with Crippen molar-refractivity contribution in [2.24, 2.45) is 0 Å². The van der Waals surface area contributed by atoms with Crippen molar-refractivity contribution in [2.45, 2.75) is 18.1 Å². The average molecular weight is 383 g/mol. The highest BCUT2D eigenvalue weighted by atomic mass is 32.2. The molecular weight excluding hydrogens is 360 g/mol. The second-order valence-electron chi connectivity index (χ2n) is 5.66. The SMILES string of the molecule is Cc1ccc(OCCNC(=O)CN(C)S(=O)(=O)c2cccs2)c(C)c1. The van der Waals surface area contributed by atoms with Gasteiger partial charge in [0.05, 0.1) is 13.1 Å². The molecule has 1 N–H and O–H groups in total. The predicted octanol–water partition coefficient (Wildman–Crippen LogP) is 2.18. The van der Waals surface area contributed by atoms with Gasteiger partial charge in [0.15, 0.2) is 0 Å². The average Bonchev–Trinajstić information content (AvgIpc) is 3.08. The van der Waals surface area contributed by atoms with Gasteiger partial charge in [-0.1, -0.05) is 23.8 Å². The molecule has 2 rings (SSSR count). The number of nitrogens with one attached hydrogen (secondary N) is 1. The lowest BCUT2D eigenvalue weighted by Gasteiger charge is -2.16. The summed E-state index contributed by atoms with van der Waals surface area (Å²) >= 11 is 1.13. The molecular formula is C17H22N2O4S2. The van der Waals surface area contributed by atoms with Crippen LogP contribution in [0.25, 0.3) is 0 Å². The van der Waals surface area contributed by atoms with Crippen molar-refractivity contribution in [1.29, 1.82) is 0 Å². The lowest BCUT2D eigenvalue weighted by molar-refractivity contribution is -0.121. The normalized spacial score (nSPS) is 11.5. The zero-order valence-electron chi connectivity index (χ0n) is 14.5. The van der Waals surface area contributed by atoms with Crippen molar-refractivity contribution in [3.8, 4) is 5.75 Å². The number of rotatable bonds is 8. The van der Waals surface area contributed by atoms with E-state index in [2.05, 4.69) is 5.32 Å². The van der Waals surface area contributed by atoms with Crippen molar-refractivity contribution in [3.05, 3.63) is 46.8 Å². The van der Waals surface area contributed by atoms with E-state index < -0.39 is 10.0 Å². The molecule has 0 radical (unpaired) electrons. The Morgan fingerprint density at radius 1 is 1.28 bits per heavy atom. The first-order valence-corrected chi connectivity index (χ1v) is 10.1. The van der Waals surface area contributed by atoms with Crippen LogP contribution in [-0.2, 0) is 14.8 Å². The summed E-state index contributed by atoms with van der Waals surface area (Å²) < 4.78 is 31.4. The first-order valence-electron chi connectivity index (χ1n) is 7.77. The fourth-order valence-corrected chi connectivity index (χ4v) is 4.55. The number of benzene rings is 1. The highest BCUT2D eigenvalue weighted by molar-refractivity contribution is 7.91. The Morgan fingerprint density at radius 2 is 2.04 bits per heavy atom. The molecule has 1 aromatic heterocycles. The summed E-state index contributed by atoms with van der Waals surface area (Å²) in [4.78, 5) is 11.9. The summed E-state index contributed by atoms with van der Waals surface area (Å²) in [6, 6.07) is 9.07. The molecule has 0 aliphatic heterocycles. The van der Waals surface area contributed by atoms with E-state index in [0.717, 1.165) is 32.5 Å². The number of hydrogen-bond acceptors (Lipinski definition) is 5. The Morgan fingerprint density at radius 3 is 2.68 bits per heavy atom. The molecule has 0 spiro atoms. The quantitative estimate of drug-likeness (QED) is 0.710. The van der Waals surface area contributed by atoms with E-state index in [9.17, 15) is 13.2 Å². The topological polar surface area (TPSA) is 75.7 Å². The van der Waals surface area contributed by atoms with E-state index >= 15 is 0 Å². The van der Waals surface area contributed by atoms with Crippen LogP contribution in [0.3, 0.4) is 0 Å². The first kappa shape index (κ1) is 19.4. The van der Waals surface area contributed by atoms with Crippen molar-refractivity contribution in [3.63, 3.8) is 0 Å². The zero-order valence-corrected chi connectivity index (χ0v) is 16.1. The highest BCUT2D eigenvalue weighted by Gasteiger charge is 2.23. The molecule has 0 saturated heterocycles. The third kappa shape index (κ3) is 5.29. The van der Waals surface area contributed by atoms with Crippen molar-refractivity contribution < 1.29 is 17.9 Å². The van der Waals surface area contributed by atoms with E-state index in [4.69, 9.17) is 4.74 Å². The largest absolute Gasteiger partial charge is 0.491 e. The van der Waals surface area contributed by atoms with Gasteiger partial charge in [-0.25, -0.2) is 8.42 Å². The van der Waals surface area contributed by atoms with Gasteiger partial charge in [0.1, 0.15) is 16.6 Å². The zero-order chi connectivity index (χ0) is 18.4. The minimum atomic E-state index is -3.61. The van der Waals surface area contributed by atoms with E-state index in [1.165, 1.54) is 13.1 Å². The standard InChI is InChI=1S/C17H22N2O4S2/c1-13-6-7-15(14(2)11-13)23-9-8-18-16(20)12-19(3)25(21,22)17-5-4-10-24-17/h4-7,10-11H,8-9,12H2,1-3H3,(H,18,20). The summed E-state index contributed by atoms with van der Waals surface area (Å²) in [5, 5.41) is 4.35. The number of amides is 1. The summed E-state index contributed by atoms with van der Waals surface area (Å²) in [6.45, 7) is 4.36. The maximum absolute atomic E-state index is 12.2. The van der Waals surface area contributed by atoms with Crippen molar-refractivity contribution >= 4 is 27.3 Å². The molecule has 136 valence electrons. The van der Waals surface area contributed by atoms with Crippen LogP contribution in [0.5, 0.6) is 5.75 Å². The fraction of sp³-hybridized carbons (Fsp3) is 0.353. The minimum Gasteiger partial charge on any atom is -0.491 e. The molecule has 8 heteroatoms. The fourth-order valence-electron chi connectivity index (χ4n) is 2.22. The number of carbonyl (C=O) groups is 1. The lowest BCUT2D eigenvalue weighted by atomic mass is 10.1. The van der Waals surface area contributed by atoms with Gasteiger partial charge in [0.25, 0.3) is 10.0 Å². The first-order chi connectivity index (χ1) is 11.8. The second-order valence-corrected chi connectivity index (χ2v) is 8.88. The molecule has 0 aliphatic rings. The van der Waals surface area contributed by atoms with Crippen molar-refractivity contribution in [2.75, 3.05) is 26.7 Å². The minimum absolute atomic E-state index is 0.223. The van der Waals surface area contributed by atoms with Crippen LogP contribution < -0.4 is 10.1 Å². The van der Waals surface area contributed by atoms with Crippen LogP contribution in [0.15, 0.2) is 39.9 Å². The smallest absolute Gasteiger partial charge is 0.252 e. The third-order valence-electron chi connectivity index (χ3n) is 3.54. The molecule has 0 fully saturated rings. The summed E-state index contributed by atoms with van der Waals surface area (Å²) in [6.07, 6.45) is 0. The van der Waals surface area contributed by atoms with E-state index in [-0.39, 0.29) is 16.7 Å². The number of carbonyl (C=O) groups excluding carboxylic acids is 1. The molecule has 0 atom stereocenters. The molecule has 2 aromatic rings. The molecule has 0 bridgehead atoms.